The van der Waals surface area contributed by atoms with E-state index in [0.717, 1.165) is 67.8 Å². The zero-order valence-corrected chi connectivity index (χ0v) is 16.8. The Morgan fingerprint density at radius 1 is 1.00 bits per heavy atom. The fraction of sp³-hybridized carbons (Fsp3) is 0.429. The molecule has 0 radical (unpaired) electrons. The SMILES string of the molecule is CCCn1nnc2c(Cl)c(-c3ccc(CN4CCN(C)CC4)cc3)ccc21. The molecule has 0 aliphatic carbocycles. The molecule has 5 nitrogen and oxygen atoms in total. The van der Waals surface area contributed by atoms with Gasteiger partial charge in [0.05, 0.1) is 10.5 Å². The Bertz CT molecular complexity index is 910. The summed E-state index contributed by atoms with van der Waals surface area (Å²) in [6.45, 7) is 8.55. The lowest BCUT2D eigenvalue weighted by molar-refractivity contribution is 0.148. The van der Waals surface area contributed by atoms with Crippen LogP contribution in [0.5, 0.6) is 0 Å². The summed E-state index contributed by atoms with van der Waals surface area (Å²) in [5, 5.41) is 9.21. The van der Waals surface area contributed by atoms with E-state index in [0.29, 0.717) is 5.02 Å². The van der Waals surface area contributed by atoms with Crippen LogP contribution in [0.15, 0.2) is 36.4 Å². The van der Waals surface area contributed by atoms with Crippen LogP contribution >= 0.6 is 11.6 Å². The van der Waals surface area contributed by atoms with Crippen molar-refractivity contribution in [3.05, 3.63) is 47.0 Å². The lowest BCUT2D eigenvalue weighted by Crippen LogP contribution is -2.43. The van der Waals surface area contributed by atoms with E-state index in [1.54, 1.807) is 0 Å². The van der Waals surface area contributed by atoms with Crippen molar-refractivity contribution < 1.29 is 0 Å². The topological polar surface area (TPSA) is 37.2 Å². The van der Waals surface area contributed by atoms with E-state index in [1.807, 2.05) is 4.68 Å². The highest BCUT2D eigenvalue weighted by Gasteiger charge is 2.15. The van der Waals surface area contributed by atoms with Crippen molar-refractivity contribution in [3.63, 3.8) is 0 Å². The predicted molar refractivity (Wildman–Crippen MR) is 111 cm³/mol. The molecule has 27 heavy (non-hydrogen) atoms. The molecule has 2 aromatic carbocycles. The molecule has 0 N–H and O–H groups in total. The molecule has 1 aliphatic heterocycles. The summed E-state index contributed by atoms with van der Waals surface area (Å²) in [5.41, 5.74) is 5.25. The maximum absolute atomic E-state index is 6.67. The van der Waals surface area contributed by atoms with Gasteiger partial charge in [-0.25, -0.2) is 4.68 Å². The molecule has 1 saturated heterocycles. The number of nitrogens with zero attached hydrogens (tertiary/aromatic N) is 5. The van der Waals surface area contributed by atoms with Gasteiger partial charge in [-0.3, -0.25) is 4.90 Å². The summed E-state index contributed by atoms with van der Waals surface area (Å²) in [6, 6.07) is 12.9. The van der Waals surface area contributed by atoms with Crippen molar-refractivity contribution in [2.24, 2.45) is 0 Å². The largest absolute Gasteiger partial charge is 0.304 e. The molecule has 0 saturated carbocycles. The fourth-order valence-corrected chi connectivity index (χ4v) is 3.97. The fourth-order valence-electron chi connectivity index (χ4n) is 3.66. The molecular formula is C21H26ClN5. The van der Waals surface area contributed by atoms with Crippen LogP contribution < -0.4 is 0 Å². The number of benzene rings is 2. The van der Waals surface area contributed by atoms with Gasteiger partial charge in [-0.2, -0.15) is 0 Å². The van der Waals surface area contributed by atoms with Gasteiger partial charge in [-0.05, 0) is 30.7 Å². The first-order valence-electron chi connectivity index (χ1n) is 9.67. The molecule has 142 valence electrons. The van der Waals surface area contributed by atoms with Gasteiger partial charge in [0.1, 0.15) is 5.52 Å². The summed E-state index contributed by atoms with van der Waals surface area (Å²) in [4.78, 5) is 4.90. The van der Waals surface area contributed by atoms with Crippen LogP contribution in [0.3, 0.4) is 0 Å². The number of piperazine rings is 1. The number of hydrogen-bond acceptors (Lipinski definition) is 4. The zero-order valence-electron chi connectivity index (χ0n) is 16.0. The van der Waals surface area contributed by atoms with Crippen LogP contribution in [-0.2, 0) is 13.1 Å². The molecule has 3 aromatic rings. The zero-order chi connectivity index (χ0) is 18.8. The van der Waals surface area contributed by atoms with Crippen molar-refractivity contribution in [3.8, 4) is 11.1 Å². The highest BCUT2D eigenvalue weighted by Crippen LogP contribution is 2.33. The van der Waals surface area contributed by atoms with Gasteiger partial charge < -0.3 is 4.90 Å². The minimum absolute atomic E-state index is 0.682. The number of aromatic nitrogens is 3. The molecule has 0 unspecified atom stereocenters. The van der Waals surface area contributed by atoms with Crippen LogP contribution in [0, 0.1) is 0 Å². The number of likely N-dealkylation sites (N-methyl/N-ethyl adjacent to an activating group) is 1. The third-order valence-corrected chi connectivity index (χ3v) is 5.71. The molecule has 0 amide bonds. The number of halogens is 1. The molecule has 1 fully saturated rings. The minimum atomic E-state index is 0.682. The number of rotatable bonds is 5. The summed E-state index contributed by atoms with van der Waals surface area (Å²) < 4.78 is 1.92. The third-order valence-electron chi connectivity index (χ3n) is 5.33. The first-order chi connectivity index (χ1) is 13.2. The lowest BCUT2D eigenvalue weighted by Gasteiger charge is -2.32. The van der Waals surface area contributed by atoms with Gasteiger partial charge in [-0.15, -0.1) is 5.10 Å². The Kier molecular flexibility index (Phi) is 5.43. The summed E-state index contributed by atoms with van der Waals surface area (Å²) in [5.74, 6) is 0. The maximum Gasteiger partial charge on any atom is 0.132 e. The Balaban J connectivity index is 1.54. The van der Waals surface area contributed by atoms with Gasteiger partial charge >= 0.3 is 0 Å². The molecule has 6 heteroatoms. The first kappa shape index (κ1) is 18.4. The predicted octanol–water partition coefficient (Wildman–Crippen LogP) is 3.91. The second kappa shape index (κ2) is 7.97. The summed E-state index contributed by atoms with van der Waals surface area (Å²) in [6.07, 6.45) is 1.02. The van der Waals surface area contributed by atoms with Crippen LogP contribution in [0.4, 0.5) is 0 Å². The molecule has 0 bridgehead atoms. The maximum atomic E-state index is 6.67. The van der Waals surface area contributed by atoms with E-state index in [2.05, 4.69) is 70.5 Å². The Hall–Kier alpha value is -1.95. The van der Waals surface area contributed by atoms with Crippen molar-refractivity contribution in [2.75, 3.05) is 33.2 Å². The van der Waals surface area contributed by atoms with Crippen molar-refractivity contribution in [1.82, 2.24) is 24.8 Å². The van der Waals surface area contributed by atoms with E-state index < -0.39 is 0 Å². The molecule has 1 aromatic heterocycles. The minimum Gasteiger partial charge on any atom is -0.304 e. The summed E-state index contributed by atoms with van der Waals surface area (Å²) >= 11 is 6.67. The van der Waals surface area contributed by atoms with Crippen LogP contribution in [0.25, 0.3) is 22.2 Å². The highest BCUT2D eigenvalue weighted by atomic mass is 35.5. The molecule has 1 aliphatic rings. The Labute approximate surface area is 165 Å². The molecular weight excluding hydrogens is 358 g/mol. The van der Waals surface area contributed by atoms with Gasteiger partial charge in [-0.1, -0.05) is 54.1 Å². The van der Waals surface area contributed by atoms with Crippen LogP contribution in [0.1, 0.15) is 18.9 Å². The number of aryl methyl sites for hydroxylation is 1. The Morgan fingerprint density at radius 2 is 1.74 bits per heavy atom. The van der Waals surface area contributed by atoms with Gasteiger partial charge in [0.2, 0.25) is 0 Å². The highest BCUT2D eigenvalue weighted by molar-refractivity contribution is 6.37. The molecule has 2 heterocycles. The van der Waals surface area contributed by atoms with Crippen molar-refractivity contribution >= 4 is 22.6 Å². The normalized spacial score (nSPS) is 16.3. The quantitative estimate of drug-likeness (QED) is 0.669. The standard InChI is InChI=1S/C21H26ClN5/c1-3-10-27-19-9-8-18(20(22)21(19)23-24-27)17-6-4-16(5-7-17)15-26-13-11-25(2)12-14-26/h4-9H,3,10-15H2,1-2H3. The number of fused-ring (bicyclic) bond motifs is 1. The average molecular weight is 384 g/mol. The van der Waals surface area contributed by atoms with Crippen molar-refractivity contribution in [1.29, 1.82) is 0 Å². The van der Waals surface area contributed by atoms with E-state index in [4.69, 9.17) is 11.6 Å². The summed E-state index contributed by atoms with van der Waals surface area (Å²) in [7, 11) is 2.19. The van der Waals surface area contributed by atoms with Crippen LogP contribution in [-0.4, -0.2) is 58.0 Å². The Morgan fingerprint density at radius 3 is 2.44 bits per heavy atom. The van der Waals surface area contributed by atoms with E-state index in [-0.39, 0.29) is 0 Å². The third kappa shape index (κ3) is 3.86. The van der Waals surface area contributed by atoms with E-state index in [1.165, 1.54) is 5.56 Å². The first-order valence-corrected chi connectivity index (χ1v) is 10.1. The van der Waals surface area contributed by atoms with Gasteiger partial charge in [0.25, 0.3) is 0 Å². The van der Waals surface area contributed by atoms with E-state index in [9.17, 15) is 0 Å². The average Bonchev–Trinajstić information content (AvgIpc) is 3.09. The number of hydrogen-bond donors (Lipinski definition) is 0. The van der Waals surface area contributed by atoms with Gasteiger partial charge in [0, 0.05) is 44.8 Å². The molecule has 4 rings (SSSR count). The second-order valence-corrected chi connectivity index (χ2v) is 7.76. The lowest BCUT2D eigenvalue weighted by atomic mass is 10.0. The smallest absolute Gasteiger partial charge is 0.132 e. The van der Waals surface area contributed by atoms with Crippen molar-refractivity contribution in [2.45, 2.75) is 26.4 Å². The van der Waals surface area contributed by atoms with E-state index >= 15 is 0 Å². The molecule has 0 spiro atoms. The van der Waals surface area contributed by atoms with Crippen LogP contribution in [0.2, 0.25) is 5.02 Å². The van der Waals surface area contributed by atoms with Gasteiger partial charge in [0.15, 0.2) is 0 Å². The molecule has 0 atom stereocenters. The second-order valence-electron chi connectivity index (χ2n) is 7.38. The monoisotopic (exact) mass is 383 g/mol.